The van der Waals surface area contributed by atoms with Crippen molar-refractivity contribution in [3.8, 4) is 0 Å². The van der Waals surface area contributed by atoms with Crippen molar-refractivity contribution in [2.75, 3.05) is 13.2 Å². The fraction of sp³-hybridized carbons (Fsp3) is 0.800. The van der Waals surface area contributed by atoms with Crippen LogP contribution in [0.15, 0.2) is 12.2 Å². The zero-order valence-corrected chi connectivity index (χ0v) is 15.1. The Hall–Kier alpha value is -1.32. The lowest BCUT2D eigenvalue weighted by Crippen LogP contribution is -2.06. The van der Waals surface area contributed by atoms with Crippen molar-refractivity contribution in [3.63, 3.8) is 0 Å². The second-order valence-corrected chi connectivity index (χ2v) is 6.62. The molecule has 0 radical (unpaired) electrons. The zero-order valence-electron chi connectivity index (χ0n) is 15.1. The number of rotatable bonds is 0. The van der Waals surface area contributed by atoms with Crippen molar-refractivity contribution in [2.45, 2.75) is 89.9 Å². The monoisotopic (exact) mass is 338 g/mol. The molecular weight excluding hydrogens is 304 g/mol. The van der Waals surface area contributed by atoms with E-state index in [0.29, 0.717) is 13.2 Å². The van der Waals surface area contributed by atoms with Crippen molar-refractivity contribution >= 4 is 11.9 Å². The van der Waals surface area contributed by atoms with Crippen LogP contribution in [0, 0.1) is 0 Å². The minimum Gasteiger partial charge on any atom is -0.463 e. The highest BCUT2D eigenvalue weighted by Crippen LogP contribution is 2.13. The molecule has 1 aliphatic rings. The first-order chi connectivity index (χ1) is 11.8. The van der Waals surface area contributed by atoms with Crippen LogP contribution < -0.4 is 0 Å². The Morgan fingerprint density at radius 2 is 0.708 bits per heavy atom. The average Bonchev–Trinajstić information content (AvgIpc) is 2.58. The van der Waals surface area contributed by atoms with Gasteiger partial charge >= 0.3 is 11.9 Å². The molecule has 0 saturated heterocycles. The van der Waals surface area contributed by atoms with Crippen LogP contribution in [-0.2, 0) is 19.1 Å². The van der Waals surface area contributed by atoms with Crippen molar-refractivity contribution in [1.82, 2.24) is 0 Å². The van der Waals surface area contributed by atoms with Gasteiger partial charge in [-0.25, -0.2) is 9.59 Å². The second-order valence-electron chi connectivity index (χ2n) is 6.62. The van der Waals surface area contributed by atoms with Crippen LogP contribution in [0.25, 0.3) is 0 Å². The van der Waals surface area contributed by atoms with Crippen molar-refractivity contribution in [1.29, 1.82) is 0 Å². The summed E-state index contributed by atoms with van der Waals surface area (Å²) >= 11 is 0. The molecular formula is C20H34O4. The fourth-order valence-electron chi connectivity index (χ4n) is 2.90. The SMILES string of the molecule is O=C1/C=C/C(=O)OCCCCCCCCCCCCCCCCO1. The van der Waals surface area contributed by atoms with Gasteiger partial charge in [0.05, 0.1) is 13.2 Å². The van der Waals surface area contributed by atoms with E-state index in [1.807, 2.05) is 0 Å². The minimum atomic E-state index is -0.464. The number of ether oxygens (including phenoxy) is 2. The van der Waals surface area contributed by atoms with Gasteiger partial charge in [-0.2, -0.15) is 0 Å². The predicted octanol–water partition coefficient (Wildman–Crippen LogP) is 5.10. The van der Waals surface area contributed by atoms with Gasteiger partial charge in [-0.3, -0.25) is 0 Å². The normalized spacial score (nSPS) is 23.2. The van der Waals surface area contributed by atoms with E-state index in [2.05, 4.69) is 0 Å². The molecule has 0 unspecified atom stereocenters. The number of hydrogen-bond donors (Lipinski definition) is 0. The molecule has 0 bridgehead atoms. The lowest BCUT2D eigenvalue weighted by molar-refractivity contribution is -0.140. The molecule has 0 aromatic heterocycles. The van der Waals surface area contributed by atoms with Crippen LogP contribution in [0.1, 0.15) is 89.9 Å². The summed E-state index contributed by atoms with van der Waals surface area (Å²) in [5.74, 6) is -0.928. The van der Waals surface area contributed by atoms with Crippen LogP contribution in [0.2, 0.25) is 0 Å². The van der Waals surface area contributed by atoms with Gasteiger partial charge in [0.25, 0.3) is 0 Å². The van der Waals surface area contributed by atoms with Gasteiger partial charge in [0.1, 0.15) is 0 Å². The smallest absolute Gasteiger partial charge is 0.331 e. The summed E-state index contributed by atoms with van der Waals surface area (Å²) in [4.78, 5) is 22.9. The number of cyclic esters (lactones) is 2. The quantitative estimate of drug-likeness (QED) is 0.576. The van der Waals surface area contributed by atoms with Gasteiger partial charge < -0.3 is 9.47 Å². The summed E-state index contributed by atoms with van der Waals surface area (Å²) in [6.07, 6.45) is 19.3. The summed E-state index contributed by atoms with van der Waals surface area (Å²) in [5, 5.41) is 0. The Morgan fingerprint density at radius 1 is 0.458 bits per heavy atom. The molecule has 1 rings (SSSR count). The molecule has 0 amide bonds. The van der Waals surface area contributed by atoms with Gasteiger partial charge in [0.2, 0.25) is 0 Å². The molecule has 0 fully saturated rings. The topological polar surface area (TPSA) is 52.6 Å². The first kappa shape index (κ1) is 20.7. The van der Waals surface area contributed by atoms with E-state index in [9.17, 15) is 9.59 Å². The number of carbonyl (C=O) groups excluding carboxylic acids is 2. The van der Waals surface area contributed by atoms with Gasteiger partial charge in [-0.1, -0.05) is 77.0 Å². The van der Waals surface area contributed by atoms with E-state index >= 15 is 0 Å². The third-order valence-corrected chi connectivity index (χ3v) is 4.38. The van der Waals surface area contributed by atoms with E-state index in [1.54, 1.807) is 0 Å². The van der Waals surface area contributed by atoms with E-state index in [4.69, 9.17) is 9.47 Å². The Bertz CT molecular complexity index is 329. The highest BCUT2D eigenvalue weighted by molar-refractivity contribution is 5.91. The van der Waals surface area contributed by atoms with Crippen molar-refractivity contribution in [2.24, 2.45) is 0 Å². The van der Waals surface area contributed by atoms with Crippen molar-refractivity contribution in [3.05, 3.63) is 12.2 Å². The maximum atomic E-state index is 11.5. The fourth-order valence-corrected chi connectivity index (χ4v) is 2.90. The number of hydrogen-bond acceptors (Lipinski definition) is 4. The van der Waals surface area contributed by atoms with E-state index < -0.39 is 11.9 Å². The molecule has 0 aliphatic carbocycles. The van der Waals surface area contributed by atoms with Gasteiger partial charge in [-0.05, 0) is 12.8 Å². The largest absolute Gasteiger partial charge is 0.463 e. The summed E-state index contributed by atoms with van der Waals surface area (Å²) in [6.45, 7) is 0.858. The van der Waals surface area contributed by atoms with Crippen molar-refractivity contribution < 1.29 is 19.1 Å². The molecule has 24 heavy (non-hydrogen) atoms. The molecule has 4 heteroatoms. The van der Waals surface area contributed by atoms with E-state index in [-0.39, 0.29) is 0 Å². The molecule has 0 N–H and O–H groups in total. The molecule has 0 aromatic rings. The van der Waals surface area contributed by atoms with Crippen LogP contribution >= 0.6 is 0 Å². The Balaban J connectivity index is 2.24. The summed E-state index contributed by atoms with van der Waals surface area (Å²) in [6, 6.07) is 0. The third kappa shape index (κ3) is 13.1. The number of esters is 2. The highest BCUT2D eigenvalue weighted by Gasteiger charge is 2.02. The van der Waals surface area contributed by atoms with E-state index in [1.165, 1.54) is 64.2 Å². The first-order valence-corrected chi connectivity index (χ1v) is 9.80. The Kier molecular flexibility index (Phi) is 13.1. The van der Waals surface area contributed by atoms with Gasteiger partial charge in [0, 0.05) is 12.2 Å². The molecule has 0 atom stereocenters. The highest BCUT2D eigenvalue weighted by atomic mass is 16.5. The van der Waals surface area contributed by atoms with Crippen LogP contribution in [0.5, 0.6) is 0 Å². The minimum absolute atomic E-state index is 0.429. The van der Waals surface area contributed by atoms with Gasteiger partial charge in [-0.15, -0.1) is 0 Å². The number of carbonyl (C=O) groups is 2. The Labute approximate surface area is 147 Å². The van der Waals surface area contributed by atoms with E-state index in [0.717, 1.165) is 37.8 Å². The maximum Gasteiger partial charge on any atom is 0.331 e. The van der Waals surface area contributed by atoms with Gasteiger partial charge in [0.15, 0.2) is 0 Å². The van der Waals surface area contributed by atoms with Crippen LogP contribution in [-0.4, -0.2) is 25.2 Å². The molecule has 0 spiro atoms. The molecule has 1 aliphatic heterocycles. The predicted molar refractivity (Wildman–Crippen MR) is 95.7 cm³/mol. The summed E-state index contributed by atoms with van der Waals surface area (Å²) in [7, 11) is 0. The standard InChI is InChI=1S/C20H34O4/c21-19-15-16-20(22)24-18-14-12-10-8-6-4-2-1-3-5-7-9-11-13-17-23-19/h15-16H,1-14,17-18H2/b16-15+. The molecule has 0 aromatic carbocycles. The molecule has 1 heterocycles. The Morgan fingerprint density at radius 3 is 1.00 bits per heavy atom. The molecule has 138 valence electrons. The summed E-state index contributed by atoms with van der Waals surface area (Å²) in [5.41, 5.74) is 0. The van der Waals surface area contributed by atoms with Crippen LogP contribution in [0.4, 0.5) is 0 Å². The lowest BCUT2D eigenvalue weighted by Gasteiger charge is -2.05. The summed E-state index contributed by atoms with van der Waals surface area (Å²) < 4.78 is 10.1. The third-order valence-electron chi connectivity index (χ3n) is 4.38. The second kappa shape index (κ2) is 15.2. The lowest BCUT2D eigenvalue weighted by atomic mass is 10.0. The average molecular weight is 338 g/mol. The molecule has 0 saturated carbocycles. The first-order valence-electron chi connectivity index (χ1n) is 9.80. The van der Waals surface area contributed by atoms with Crippen LogP contribution in [0.3, 0.4) is 0 Å². The molecule has 4 nitrogen and oxygen atoms in total. The zero-order chi connectivity index (χ0) is 17.3. The maximum absolute atomic E-state index is 11.5.